The minimum atomic E-state index is -0.920. The molecule has 2 atom stereocenters. The van der Waals surface area contributed by atoms with E-state index >= 15 is 0 Å². The summed E-state index contributed by atoms with van der Waals surface area (Å²) in [5, 5.41) is 5.95. The van der Waals surface area contributed by atoms with Crippen LogP contribution < -0.4 is 10.6 Å². The number of carbonyl (C=O) groups is 3. The molecule has 1 aliphatic carbocycles. The smallest absolute Gasteiger partial charge is 0.408 e. The average molecular weight is 548 g/mol. The van der Waals surface area contributed by atoms with Gasteiger partial charge in [-0.3, -0.25) is 9.59 Å². The number of ether oxygens (including phenoxy) is 1. The van der Waals surface area contributed by atoms with Gasteiger partial charge in [0.25, 0.3) is 0 Å². The van der Waals surface area contributed by atoms with Crippen molar-refractivity contribution in [1.82, 2.24) is 15.5 Å². The van der Waals surface area contributed by atoms with Gasteiger partial charge >= 0.3 is 6.09 Å². The molecule has 38 heavy (non-hydrogen) atoms. The summed E-state index contributed by atoms with van der Waals surface area (Å²) in [6.07, 6.45) is 8.46. The molecular formula is C30H49N3O4S. The maximum atomic E-state index is 14.0. The Hall–Kier alpha value is -2.22. The van der Waals surface area contributed by atoms with Crippen molar-refractivity contribution in [3.8, 4) is 0 Å². The van der Waals surface area contributed by atoms with Crippen molar-refractivity contribution >= 4 is 30.5 Å². The molecule has 1 aromatic carbocycles. The predicted octanol–water partition coefficient (Wildman–Crippen LogP) is 6.03. The van der Waals surface area contributed by atoms with Gasteiger partial charge in [0, 0.05) is 18.3 Å². The van der Waals surface area contributed by atoms with E-state index < -0.39 is 23.8 Å². The van der Waals surface area contributed by atoms with Crippen LogP contribution in [0.1, 0.15) is 108 Å². The summed E-state index contributed by atoms with van der Waals surface area (Å²) < 4.78 is 5.40. The van der Waals surface area contributed by atoms with E-state index in [-0.39, 0.29) is 23.6 Å². The van der Waals surface area contributed by atoms with E-state index in [4.69, 9.17) is 4.74 Å². The molecule has 0 spiro atoms. The number of rotatable bonds is 12. The van der Waals surface area contributed by atoms with Gasteiger partial charge in [-0.2, -0.15) is 12.6 Å². The standard InChI is InChI=1S/C30H49N3O4S/c1-7-8-9-13-18-33(28(35)25(20-38)32-29(36)37-30(4,5)6)26(23-17-16-21(2)22(3)19-23)27(34)31-24-14-11-10-12-15-24/h16-17,19,24-26,38H,7-15,18,20H2,1-6H3,(H,31,34)(H,32,36). The number of hydrogen-bond donors (Lipinski definition) is 3. The fraction of sp³-hybridized carbons (Fsp3) is 0.700. The third kappa shape index (κ3) is 10.2. The lowest BCUT2D eigenvalue weighted by Gasteiger charge is -2.35. The van der Waals surface area contributed by atoms with Crippen molar-refractivity contribution in [2.75, 3.05) is 12.3 Å². The van der Waals surface area contributed by atoms with Crippen LogP contribution in [-0.2, 0) is 14.3 Å². The molecule has 2 N–H and O–H groups in total. The Bertz CT molecular complexity index is 925. The summed E-state index contributed by atoms with van der Waals surface area (Å²) in [5.41, 5.74) is 2.27. The van der Waals surface area contributed by atoms with E-state index in [1.54, 1.807) is 25.7 Å². The Morgan fingerprint density at radius 1 is 1.05 bits per heavy atom. The first-order valence-electron chi connectivity index (χ1n) is 14.2. The van der Waals surface area contributed by atoms with E-state index in [1.807, 2.05) is 32.0 Å². The molecule has 1 aromatic rings. The van der Waals surface area contributed by atoms with Gasteiger partial charge in [-0.05, 0) is 70.6 Å². The van der Waals surface area contributed by atoms with Crippen LogP contribution in [0.25, 0.3) is 0 Å². The van der Waals surface area contributed by atoms with Crippen LogP contribution in [0.5, 0.6) is 0 Å². The number of carbonyl (C=O) groups excluding carboxylic acids is 3. The van der Waals surface area contributed by atoms with Gasteiger partial charge in [0.1, 0.15) is 17.7 Å². The number of alkyl carbamates (subject to hydrolysis) is 1. The number of benzene rings is 1. The summed E-state index contributed by atoms with van der Waals surface area (Å²) in [6.45, 7) is 11.9. The lowest BCUT2D eigenvalue weighted by atomic mass is 9.94. The SMILES string of the molecule is CCCCCCN(C(=O)C(CS)NC(=O)OC(C)(C)C)C(C(=O)NC1CCCCC1)c1ccc(C)c(C)c1. The van der Waals surface area contributed by atoms with Crippen LogP contribution >= 0.6 is 12.6 Å². The second-order valence-corrected chi connectivity index (χ2v) is 11.9. The maximum Gasteiger partial charge on any atom is 0.408 e. The molecule has 8 heteroatoms. The molecule has 1 fully saturated rings. The number of nitrogens with zero attached hydrogens (tertiary/aromatic N) is 1. The van der Waals surface area contributed by atoms with Crippen LogP contribution in [-0.4, -0.2) is 52.8 Å². The number of nitrogens with one attached hydrogen (secondary N) is 2. The highest BCUT2D eigenvalue weighted by Crippen LogP contribution is 2.27. The molecule has 0 heterocycles. The summed E-state index contributed by atoms with van der Waals surface area (Å²) in [6, 6.07) is 4.34. The van der Waals surface area contributed by atoms with Gasteiger partial charge in [0.05, 0.1) is 0 Å². The van der Waals surface area contributed by atoms with Crippen LogP contribution in [0.4, 0.5) is 4.79 Å². The molecule has 7 nitrogen and oxygen atoms in total. The van der Waals surface area contributed by atoms with E-state index in [0.717, 1.165) is 68.1 Å². The normalized spacial score (nSPS) is 15.9. The first-order valence-corrected chi connectivity index (χ1v) is 14.9. The van der Waals surface area contributed by atoms with Gasteiger partial charge in [0.15, 0.2) is 0 Å². The lowest BCUT2D eigenvalue weighted by molar-refractivity contribution is -0.142. The Morgan fingerprint density at radius 3 is 2.32 bits per heavy atom. The van der Waals surface area contributed by atoms with Gasteiger partial charge in [-0.1, -0.05) is 63.6 Å². The highest BCUT2D eigenvalue weighted by atomic mass is 32.1. The Balaban J connectivity index is 2.43. The monoisotopic (exact) mass is 547 g/mol. The van der Waals surface area contributed by atoms with Gasteiger partial charge in [0.2, 0.25) is 11.8 Å². The zero-order valence-electron chi connectivity index (χ0n) is 24.3. The van der Waals surface area contributed by atoms with E-state index in [1.165, 1.54) is 6.42 Å². The molecule has 0 bridgehead atoms. The molecular weight excluding hydrogens is 498 g/mol. The second kappa shape index (κ2) is 15.4. The minimum absolute atomic E-state index is 0.0907. The summed E-state index contributed by atoms with van der Waals surface area (Å²) >= 11 is 4.39. The van der Waals surface area contributed by atoms with Gasteiger partial charge in [-0.25, -0.2) is 4.79 Å². The molecule has 0 aliphatic heterocycles. The fourth-order valence-electron chi connectivity index (χ4n) is 4.85. The Morgan fingerprint density at radius 2 is 1.74 bits per heavy atom. The number of unbranched alkanes of at least 4 members (excludes halogenated alkanes) is 3. The quantitative estimate of drug-likeness (QED) is 0.220. The lowest BCUT2D eigenvalue weighted by Crippen LogP contribution is -2.54. The number of amides is 3. The summed E-state index contributed by atoms with van der Waals surface area (Å²) in [4.78, 5) is 42.2. The fourth-order valence-corrected chi connectivity index (χ4v) is 5.09. The molecule has 1 aliphatic rings. The van der Waals surface area contributed by atoms with Crippen molar-refractivity contribution in [3.63, 3.8) is 0 Å². The molecule has 0 aromatic heterocycles. The van der Waals surface area contributed by atoms with Crippen LogP contribution in [0, 0.1) is 13.8 Å². The zero-order chi connectivity index (χ0) is 28.3. The van der Waals surface area contributed by atoms with Crippen LogP contribution in [0.2, 0.25) is 0 Å². The number of hydrogen-bond acceptors (Lipinski definition) is 5. The molecule has 2 rings (SSSR count). The van der Waals surface area contributed by atoms with E-state index in [2.05, 4.69) is 30.2 Å². The topological polar surface area (TPSA) is 87.7 Å². The van der Waals surface area contributed by atoms with E-state index in [9.17, 15) is 14.4 Å². The first-order chi connectivity index (χ1) is 18.0. The van der Waals surface area contributed by atoms with E-state index in [0.29, 0.717) is 6.54 Å². The van der Waals surface area contributed by atoms with Crippen molar-refractivity contribution in [3.05, 3.63) is 34.9 Å². The molecule has 1 saturated carbocycles. The predicted molar refractivity (Wildman–Crippen MR) is 157 cm³/mol. The zero-order valence-corrected chi connectivity index (χ0v) is 25.2. The van der Waals surface area contributed by atoms with Gasteiger partial charge < -0.3 is 20.3 Å². The highest BCUT2D eigenvalue weighted by molar-refractivity contribution is 7.80. The van der Waals surface area contributed by atoms with Crippen molar-refractivity contribution in [1.29, 1.82) is 0 Å². The third-order valence-corrected chi connectivity index (χ3v) is 7.43. The molecule has 214 valence electrons. The molecule has 0 radical (unpaired) electrons. The third-order valence-electron chi connectivity index (χ3n) is 7.07. The van der Waals surface area contributed by atoms with Crippen molar-refractivity contribution in [2.45, 2.75) is 123 Å². The molecule has 0 saturated heterocycles. The van der Waals surface area contributed by atoms with Crippen molar-refractivity contribution in [2.24, 2.45) is 0 Å². The highest BCUT2D eigenvalue weighted by Gasteiger charge is 2.36. The number of aryl methyl sites for hydroxylation is 2. The largest absolute Gasteiger partial charge is 0.444 e. The molecule has 3 amide bonds. The van der Waals surface area contributed by atoms with Gasteiger partial charge in [-0.15, -0.1) is 0 Å². The Kier molecular flexibility index (Phi) is 13.0. The second-order valence-electron chi connectivity index (χ2n) is 11.6. The number of thiol groups is 1. The minimum Gasteiger partial charge on any atom is -0.444 e. The summed E-state index contributed by atoms with van der Waals surface area (Å²) in [5.74, 6) is -0.406. The molecule has 2 unspecified atom stereocenters. The van der Waals surface area contributed by atoms with Crippen molar-refractivity contribution < 1.29 is 19.1 Å². The average Bonchev–Trinajstić information content (AvgIpc) is 2.85. The Labute approximate surface area is 235 Å². The van der Waals surface area contributed by atoms with Crippen LogP contribution in [0.3, 0.4) is 0 Å². The first kappa shape index (κ1) is 32.0. The van der Waals surface area contributed by atoms with Crippen LogP contribution in [0.15, 0.2) is 18.2 Å². The maximum absolute atomic E-state index is 14.0. The summed E-state index contributed by atoms with van der Waals surface area (Å²) in [7, 11) is 0.